The molecule has 0 amide bonds. The summed E-state index contributed by atoms with van der Waals surface area (Å²) in [6.45, 7) is 0.207. The van der Waals surface area contributed by atoms with E-state index in [0.717, 1.165) is 29.9 Å². The lowest BCUT2D eigenvalue weighted by Gasteiger charge is -2.09. The first-order chi connectivity index (χ1) is 12.3. The van der Waals surface area contributed by atoms with Crippen LogP contribution < -0.4 is 18.9 Å². The summed E-state index contributed by atoms with van der Waals surface area (Å²) in [5.74, 6) is 2.81. The van der Waals surface area contributed by atoms with Crippen LogP contribution in [0.1, 0.15) is 17.5 Å². The molecule has 0 fully saturated rings. The molecule has 0 spiro atoms. The molecule has 1 atom stereocenters. The Labute approximate surface area is 145 Å². The van der Waals surface area contributed by atoms with Crippen molar-refractivity contribution in [1.82, 2.24) is 0 Å². The highest BCUT2D eigenvalue weighted by Crippen LogP contribution is 2.42. The van der Waals surface area contributed by atoms with E-state index < -0.39 is 0 Å². The maximum atomic E-state index is 5.62. The molecule has 2 aliphatic heterocycles. The molecule has 130 valence electrons. The average Bonchev–Trinajstić information content (AvgIpc) is 3.30. The van der Waals surface area contributed by atoms with Crippen molar-refractivity contribution in [1.29, 1.82) is 0 Å². The molecular formula is C19H19NO5. The van der Waals surface area contributed by atoms with Gasteiger partial charge < -0.3 is 23.8 Å². The molecule has 0 N–H and O–H groups in total. The van der Waals surface area contributed by atoms with Gasteiger partial charge in [0.2, 0.25) is 12.5 Å². The van der Waals surface area contributed by atoms with Crippen LogP contribution in [0.4, 0.5) is 0 Å². The molecule has 2 aliphatic rings. The number of benzene rings is 2. The molecule has 6 heteroatoms. The molecule has 2 aromatic carbocycles. The van der Waals surface area contributed by atoms with Gasteiger partial charge in [-0.25, -0.2) is 0 Å². The van der Waals surface area contributed by atoms with E-state index in [0.29, 0.717) is 17.2 Å². The van der Waals surface area contributed by atoms with E-state index in [4.69, 9.17) is 23.8 Å². The molecular weight excluding hydrogens is 322 g/mol. The third-order valence-electron chi connectivity index (χ3n) is 4.35. The molecule has 25 heavy (non-hydrogen) atoms. The quantitative estimate of drug-likeness (QED) is 0.836. The van der Waals surface area contributed by atoms with Gasteiger partial charge in [0.15, 0.2) is 11.5 Å². The SMILES string of the molecule is COc1ccc(CC2CC(c3cc(OC)c4c(c3)OCO4)=NO2)cc1. The fourth-order valence-corrected chi connectivity index (χ4v) is 3.03. The minimum absolute atomic E-state index is 0.0137. The second kappa shape index (κ2) is 6.55. The standard InChI is InChI=1S/C19H19NO5/c1-21-14-5-3-12(4-6-14)7-15-10-16(20-25-15)13-8-17(22-2)19-18(9-13)23-11-24-19/h3-6,8-9,15H,7,10-11H2,1-2H3. The second-order valence-electron chi connectivity index (χ2n) is 5.93. The van der Waals surface area contributed by atoms with Crippen molar-refractivity contribution in [2.45, 2.75) is 18.9 Å². The summed E-state index contributed by atoms with van der Waals surface area (Å²) in [7, 11) is 3.27. The topological polar surface area (TPSA) is 58.5 Å². The Bertz CT molecular complexity index is 800. The molecule has 2 heterocycles. The van der Waals surface area contributed by atoms with E-state index in [2.05, 4.69) is 5.16 Å². The highest BCUT2D eigenvalue weighted by Gasteiger charge is 2.26. The Balaban J connectivity index is 1.47. The maximum absolute atomic E-state index is 5.62. The number of nitrogens with zero attached hydrogens (tertiary/aromatic N) is 1. The molecule has 0 aromatic heterocycles. The van der Waals surface area contributed by atoms with Crippen LogP contribution in [0, 0.1) is 0 Å². The predicted molar refractivity (Wildman–Crippen MR) is 91.8 cm³/mol. The minimum atomic E-state index is 0.0137. The Morgan fingerprint density at radius 3 is 2.68 bits per heavy atom. The molecule has 6 nitrogen and oxygen atoms in total. The monoisotopic (exact) mass is 341 g/mol. The minimum Gasteiger partial charge on any atom is -0.497 e. The lowest BCUT2D eigenvalue weighted by atomic mass is 9.99. The zero-order valence-corrected chi connectivity index (χ0v) is 14.2. The number of ether oxygens (including phenoxy) is 4. The third kappa shape index (κ3) is 3.07. The lowest BCUT2D eigenvalue weighted by molar-refractivity contribution is 0.0859. The van der Waals surface area contributed by atoms with Crippen molar-refractivity contribution in [2.75, 3.05) is 21.0 Å². The third-order valence-corrected chi connectivity index (χ3v) is 4.35. The van der Waals surface area contributed by atoms with E-state index in [1.54, 1.807) is 14.2 Å². The number of oxime groups is 1. The van der Waals surface area contributed by atoms with Crippen LogP contribution in [-0.4, -0.2) is 32.8 Å². The van der Waals surface area contributed by atoms with Crippen LogP contribution in [0.25, 0.3) is 0 Å². The summed E-state index contributed by atoms with van der Waals surface area (Å²) in [5, 5.41) is 4.26. The van der Waals surface area contributed by atoms with E-state index in [1.165, 1.54) is 5.56 Å². The van der Waals surface area contributed by atoms with E-state index in [1.807, 2.05) is 36.4 Å². The van der Waals surface area contributed by atoms with Crippen molar-refractivity contribution in [3.05, 3.63) is 47.5 Å². The van der Waals surface area contributed by atoms with E-state index in [-0.39, 0.29) is 12.9 Å². The van der Waals surface area contributed by atoms with Gasteiger partial charge in [0.1, 0.15) is 11.9 Å². The summed E-state index contributed by atoms with van der Waals surface area (Å²) in [5.41, 5.74) is 3.00. The maximum Gasteiger partial charge on any atom is 0.231 e. The first kappa shape index (κ1) is 15.6. The predicted octanol–water partition coefficient (Wildman–Crippen LogP) is 3.17. The van der Waals surface area contributed by atoms with Gasteiger partial charge in [-0.1, -0.05) is 17.3 Å². The number of rotatable bonds is 5. The lowest BCUT2D eigenvalue weighted by Crippen LogP contribution is -2.12. The van der Waals surface area contributed by atoms with Crippen LogP contribution in [0.3, 0.4) is 0 Å². The molecule has 1 unspecified atom stereocenters. The Morgan fingerprint density at radius 1 is 1.08 bits per heavy atom. The van der Waals surface area contributed by atoms with Gasteiger partial charge in [-0.2, -0.15) is 0 Å². The number of fused-ring (bicyclic) bond motifs is 1. The molecule has 2 aromatic rings. The van der Waals surface area contributed by atoms with Crippen LogP contribution in [-0.2, 0) is 11.3 Å². The highest BCUT2D eigenvalue weighted by atomic mass is 16.7. The number of hydrogen-bond acceptors (Lipinski definition) is 6. The smallest absolute Gasteiger partial charge is 0.231 e. The normalized spacial score (nSPS) is 17.8. The fourth-order valence-electron chi connectivity index (χ4n) is 3.03. The molecule has 0 aliphatic carbocycles. The van der Waals surface area contributed by atoms with Gasteiger partial charge in [-0.05, 0) is 29.8 Å². The summed E-state index contributed by atoms with van der Waals surface area (Å²) >= 11 is 0. The zero-order valence-electron chi connectivity index (χ0n) is 14.2. The second-order valence-corrected chi connectivity index (χ2v) is 5.93. The van der Waals surface area contributed by atoms with Crippen molar-refractivity contribution < 1.29 is 23.8 Å². The summed E-state index contributed by atoms with van der Waals surface area (Å²) in [6, 6.07) is 11.8. The van der Waals surface area contributed by atoms with Crippen LogP contribution in [0.15, 0.2) is 41.6 Å². The van der Waals surface area contributed by atoms with Crippen molar-refractivity contribution >= 4 is 5.71 Å². The molecule has 0 bridgehead atoms. The van der Waals surface area contributed by atoms with Crippen LogP contribution >= 0.6 is 0 Å². The molecule has 0 radical (unpaired) electrons. The first-order valence-electron chi connectivity index (χ1n) is 8.10. The van der Waals surface area contributed by atoms with Crippen molar-refractivity contribution in [3.63, 3.8) is 0 Å². The average molecular weight is 341 g/mol. The van der Waals surface area contributed by atoms with Gasteiger partial charge >= 0.3 is 0 Å². The van der Waals surface area contributed by atoms with E-state index in [9.17, 15) is 0 Å². The van der Waals surface area contributed by atoms with Crippen molar-refractivity contribution in [2.24, 2.45) is 5.16 Å². The Morgan fingerprint density at radius 2 is 1.92 bits per heavy atom. The van der Waals surface area contributed by atoms with Gasteiger partial charge in [0.05, 0.1) is 19.9 Å². The van der Waals surface area contributed by atoms with Gasteiger partial charge in [0.25, 0.3) is 0 Å². The molecule has 4 rings (SSSR count). The first-order valence-corrected chi connectivity index (χ1v) is 8.10. The number of methoxy groups -OCH3 is 2. The Hall–Kier alpha value is -2.89. The zero-order chi connectivity index (χ0) is 17.2. The van der Waals surface area contributed by atoms with Gasteiger partial charge in [-0.15, -0.1) is 0 Å². The van der Waals surface area contributed by atoms with Crippen LogP contribution in [0.2, 0.25) is 0 Å². The van der Waals surface area contributed by atoms with Gasteiger partial charge in [-0.3, -0.25) is 0 Å². The largest absolute Gasteiger partial charge is 0.497 e. The summed E-state index contributed by atoms with van der Waals surface area (Å²) in [6.07, 6.45) is 1.54. The van der Waals surface area contributed by atoms with Gasteiger partial charge in [0, 0.05) is 18.4 Å². The summed E-state index contributed by atoms with van der Waals surface area (Å²) < 4.78 is 21.5. The fraction of sp³-hybridized carbons (Fsp3) is 0.316. The summed E-state index contributed by atoms with van der Waals surface area (Å²) in [4.78, 5) is 5.62. The van der Waals surface area contributed by atoms with E-state index >= 15 is 0 Å². The highest BCUT2D eigenvalue weighted by molar-refractivity contribution is 6.02. The number of hydrogen-bond donors (Lipinski definition) is 0. The van der Waals surface area contributed by atoms with Crippen molar-refractivity contribution in [3.8, 4) is 23.0 Å². The molecule has 0 saturated carbocycles. The molecule has 0 saturated heterocycles. The Kier molecular flexibility index (Phi) is 4.09. The van der Waals surface area contributed by atoms with Crippen LogP contribution in [0.5, 0.6) is 23.0 Å².